The van der Waals surface area contributed by atoms with E-state index in [1.54, 1.807) is 7.05 Å². The van der Waals surface area contributed by atoms with Crippen LogP contribution in [0.5, 0.6) is 0 Å². The van der Waals surface area contributed by atoms with Crippen molar-refractivity contribution < 1.29 is 23.7 Å². The topological polar surface area (TPSA) is 103 Å². The summed E-state index contributed by atoms with van der Waals surface area (Å²) in [5.41, 5.74) is 2.07. The van der Waals surface area contributed by atoms with Crippen molar-refractivity contribution in [1.82, 2.24) is 4.90 Å². The second-order valence-electron chi connectivity index (χ2n) is 5.21. The van der Waals surface area contributed by atoms with Crippen molar-refractivity contribution in [3.05, 3.63) is 63.4 Å². The van der Waals surface area contributed by atoms with Gasteiger partial charge in [0.15, 0.2) is 6.61 Å². The highest BCUT2D eigenvalue weighted by Gasteiger charge is 2.20. The highest BCUT2D eigenvalue weighted by atomic mass is 16.7. The molecule has 0 radical (unpaired) electrons. The maximum absolute atomic E-state index is 12.0. The molecule has 0 aliphatic heterocycles. The minimum atomic E-state index is -0.930. The van der Waals surface area contributed by atoms with Crippen molar-refractivity contribution in [2.45, 2.75) is 13.5 Å². The van der Waals surface area contributed by atoms with Crippen LogP contribution in [-0.4, -0.2) is 35.4 Å². The number of hydrogen-bond acceptors (Lipinski definition) is 6. The smallest absolute Gasteiger partial charge is 0.433 e. The molecule has 1 aromatic heterocycles. The number of benzene rings is 1. The van der Waals surface area contributed by atoms with E-state index >= 15 is 0 Å². The summed E-state index contributed by atoms with van der Waals surface area (Å²) >= 11 is 0. The molecule has 0 saturated heterocycles. The van der Waals surface area contributed by atoms with Crippen molar-refractivity contribution in [3.63, 3.8) is 0 Å². The van der Waals surface area contributed by atoms with Gasteiger partial charge in [-0.25, -0.2) is 4.79 Å². The van der Waals surface area contributed by atoms with Crippen LogP contribution >= 0.6 is 0 Å². The van der Waals surface area contributed by atoms with E-state index in [1.165, 1.54) is 4.90 Å². The molecule has 0 spiro atoms. The SMILES string of the molecule is Cc1ccc(CN(C)C(=O)COC(=O)c2ccc([N+](=O)[O-])o2)cc1. The highest BCUT2D eigenvalue weighted by Crippen LogP contribution is 2.16. The number of esters is 1. The summed E-state index contributed by atoms with van der Waals surface area (Å²) in [5.74, 6) is -2.22. The monoisotopic (exact) mass is 332 g/mol. The molecule has 1 heterocycles. The van der Waals surface area contributed by atoms with E-state index in [-0.39, 0.29) is 5.76 Å². The van der Waals surface area contributed by atoms with Crippen molar-refractivity contribution in [3.8, 4) is 0 Å². The Hall–Kier alpha value is -3.16. The Morgan fingerprint density at radius 1 is 1.21 bits per heavy atom. The van der Waals surface area contributed by atoms with Crippen molar-refractivity contribution in [1.29, 1.82) is 0 Å². The molecule has 8 heteroatoms. The molecule has 0 aliphatic carbocycles. The van der Waals surface area contributed by atoms with E-state index in [4.69, 9.17) is 9.15 Å². The average molecular weight is 332 g/mol. The molecule has 0 N–H and O–H groups in total. The first kappa shape index (κ1) is 17.2. The van der Waals surface area contributed by atoms with Crippen LogP contribution in [0.4, 0.5) is 5.88 Å². The van der Waals surface area contributed by atoms with Gasteiger partial charge in [-0.15, -0.1) is 0 Å². The second-order valence-corrected chi connectivity index (χ2v) is 5.21. The fourth-order valence-corrected chi connectivity index (χ4v) is 1.90. The number of aryl methyl sites for hydroxylation is 1. The molecular formula is C16H16N2O6. The summed E-state index contributed by atoms with van der Waals surface area (Å²) in [6, 6.07) is 9.87. The molecular weight excluding hydrogens is 316 g/mol. The molecule has 0 atom stereocenters. The molecule has 1 aromatic carbocycles. The molecule has 126 valence electrons. The number of ether oxygens (including phenoxy) is 1. The van der Waals surface area contributed by atoms with Crippen molar-refractivity contribution >= 4 is 17.8 Å². The van der Waals surface area contributed by atoms with Crippen molar-refractivity contribution in [2.75, 3.05) is 13.7 Å². The van der Waals surface area contributed by atoms with Crippen LogP contribution in [0.15, 0.2) is 40.8 Å². The fraction of sp³-hybridized carbons (Fsp3) is 0.250. The lowest BCUT2D eigenvalue weighted by molar-refractivity contribution is -0.402. The van der Waals surface area contributed by atoms with Gasteiger partial charge in [-0.05, 0) is 18.6 Å². The van der Waals surface area contributed by atoms with Gasteiger partial charge < -0.3 is 14.1 Å². The Kier molecular flexibility index (Phi) is 5.31. The second kappa shape index (κ2) is 7.40. The quantitative estimate of drug-likeness (QED) is 0.457. The summed E-state index contributed by atoms with van der Waals surface area (Å²) < 4.78 is 9.52. The Balaban J connectivity index is 1.85. The summed E-state index contributed by atoms with van der Waals surface area (Å²) in [7, 11) is 1.59. The number of carbonyl (C=O) groups excluding carboxylic acids is 2. The zero-order valence-corrected chi connectivity index (χ0v) is 13.2. The molecule has 0 bridgehead atoms. The lowest BCUT2D eigenvalue weighted by Crippen LogP contribution is -2.30. The third-order valence-electron chi connectivity index (χ3n) is 3.27. The zero-order chi connectivity index (χ0) is 17.7. The number of carbonyl (C=O) groups is 2. The van der Waals surface area contributed by atoms with E-state index in [0.717, 1.165) is 23.3 Å². The molecule has 1 amide bonds. The summed E-state index contributed by atoms with van der Waals surface area (Å²) in [4.78, 5) is 34.8. The Bertz CT molecular complexity index is 750. The van der Waals surface area contributed by atoms with Crippen LogP contribution in [0.2, 0.25) is 0 Å². The van der Waals surface area contributed by atoms with Gasteiger partial charge in [0.05, 0.1) is 6.07 Å². The van der Waals surface area contributed by atoms with Crippen LogP contribution in [0.1, 0.15) is 21.7 Å². The van der Waals surface area contributed by atoms with Gasteiger partial charge in [-0.3, -0.25) is 14.9 Å². The molecule has 0 saturated carbocycles. The van der Waals surface area contributed by atoms with Gasteiger partial charge in [0.1, 0.15) is 4.92 Å². The van der Waals surface area contributed by atoms with E-state index in [0.29, 0.717) is 6.54 Å². The zero-order valence-electron chi connectivity index (χ0n) is 13.2. The normalized spacial score (nSPS) is 10.2. The van der Waals surface area contributed by atoms with E-state index < -0.39 is 29.3 Å². The molecule has 2 aromatic rings. The molecule has 0 unspecified atom stereocenters. The number of rotatable bonds is 6. The van der Waals surface area contributed by atoms with Gasteiger partial charge in [0.25, 0.3) is 5.91 Å². The van der Waals surface area contributed by atoms with E-state index in [9.17, 15) is 19.7 Å². The number of nitro groups is 1. The average Bonchev–Trinajstić information content (AvgIpc) is 3.04. The molecule has 24 heavy (non-hydrogen) atoms. The Labute approximate surface area is 137 Å². The highest BCUT2D eigenvalue weighted by molar-refractivity contribution is 5.89. The third-order valence-corrected chi connectivity index (χ3v) is 3.27. The predicted molar refractivity (Wildman–Crippen MR) is 83.3 cm³/mol. The lowest BCUT2D eigenvalue weighted by Gasteiger charge is -2.17. The number of hydrogen-bond donors (Lipinski definition) is 0. The molecule has 8 nitrogen and oxygen atoms in total. The summed E-state index contributed by atoms with van der Waals surface area (Å²) in [5, 5.41) is 10.5. The van der Waals surface area contributed by atoms with Crippen molar-refractivity contribution in [2.24, 2.45) is 0 Å². The standard InChI is InChI=1S/C16H16N2O6/c1-11-3-5-12(6-4-11)9-17(2)14(19)10-23-16(20)13-7-8-15(24-13)18(21)22/h3-8H,9-10H2,1-2H3. The first-order chi connectivity index (χ1) is 11.4. The Morgan fingerprint density at radius 3 is 2.46 bits per heavy atom. The minimum Gasteiger partial charge on any atom is -0.450 e. The first-order valence-electron chi connectivity index (χ1n) is 7.07. The summed E-state index contributed by atoms with van der Waals surface area (Å²) in [6.45, 7) is 1.87. The number of likely N-dealkylation sites (N-methyl/N-ethyl adjacent to an activating group) is 1. The number of nitrogens with zero attached hydrogens (tertiary/aromatic N) is 2. The first-order valence-corrected chi connectivity index (χ1v) is 7.07. The molecule has 2 rings (SSSR count). The van der Waals surface area contributed by atoms with Crippen LogP contribution < -0.4 is 0 Å². The van der Waals surface area contributed by atoms with Gasteiger partial charge in [-0.2, -0.15) is 0 Å². The largest absolute Gasteiger partial charge is 0.450 e. The predicted octanol–water partition coefficient (Wildman–Crippen LogP) is 2.31. The summed E-state index contributed by atoms with van der Waals surface area (Å²) in [6.07, 6.45) is 0. The molecule has 0 fully saturated rings. The number of furan rings is 1. The lowest BCUT2D eigenvalue weighted by atomic mass is 10.1. The maximum Gasteiger partial charge on any atom is 0.433 e. The van der Waals surface area contributed by atoms with Gasteiger partial charge in [0.2, 0.25) is 5.76 Å². The third kappa shape index (κ3) is 4.42. The van der Waals surface area contributed by atoms with Gasteiger partial charge in [-0.1, -0.05) is 29.8 Å². The van der Waals surface area contributed by atoms with Gasteiger partial charge in [0, 0.05) is 13.6 Å². The fourth-order valence-electron chi connectivity index (χ4n) is 1.90. The van der Waals surface area contributed by atoms with E-state index in [1.807, 2.05) is 31.2 Å². The van der Waals surface area contributed by atoms with E-state index in [2.05, 4.69) is 0 Å². The van der Waals surface area contributed by atoms with Crippen LogP contribution in [-0.2, 0) is 16.1 Å². The van der Waals surface area contributed by atoms with Crippen LogP contribution in [0, 0.1) is 17.0 Å². The van der Waals surface area contributed by atoms with Crippen LogP contribution in [0.25, 0.3) is 0 Å². The molecule has 0 aliphatic rings. The Morgan fingerprint density at radius 2 is 1.88 bits per heavy atom. The number of amides is 1. The van der Waals surface area contributed by atoms with Crippen LogP contribution in [0.3, 0.4) is 0 Å². The minimum absolute atomic E-state index is 0.323. The van der Waals surface area contributed by atoms with Gasteiger partial charge >= 0.3 is 11.9 Å². The maximum atomic E-state index is 12.0.